The first-order valence-electron chi connectivity index (χ1n) is 12.1. The number of aromatic nitrogens is 1. The summed E-state index contributed by atoms with van der Waals surface area (Å²) in [7, 11) is 0. The van der Waals surface area contributed by atoms with E-state index >= 15 is 0 Å². The van der Waals surface area contributed by atoms with Gasteiger partial charge in [-0.2, -0.15) is 0 Å². The molecule has 1 N–H and O–H groups in total. The van der Waals surface area contributed by atoms with Gasteiger partial charge in [-0.3, -0.25) is 9.59 Å². The van der Waals surface area contributed by atoms with E-state index in [9.17, 15) is 9.59 Å². The van der Waals surface area contributed by atoms with E-state index in [1.807, 2.05) is 65.6 Å². The van der Waals surface area contributed by atoms with Gasteiger partial charge in [-0.15, -0.1) is 0 Å². The van der Waals surface area contributed by atoms with E-state index in [4.69, 9.17) is 4.98 Å². The van der Waals surface area contributed by atoms with Crippen LogP contribution in [0.4, 0.5) is 0 Å². The second-order valence-electron chi connectivity index (χ2n) is 9.30. The van der Waals surface area contributed by atoms with Crippen LogP contribution in [0, 0.1) is 13.8 Å². The fraction of sp³-hybridized carbons (Fsp3) is 0.233. The molecule has 2 heterocycles. The number of nitrogens with one attached hydrogen (secondary N) is 1. The van der Waals surface area contributed by atoms with Gasteiger partial charge in [0.25, 0.3) is 11.8 Å². The van der Waals surface area contributed by atoms with Crippen LogP contribution < -0.4 is 5.32 Å². The molecule has 0 saturated carbocycles. The highest BCUT2D eigenvalue weighted by Gasteiger charge is 2.26. The predicted octanol–water partition coefficient (Wildman–Crippen LogP) is 5.55. The maximum absolute atomic E-state index is 13.7. The second-order valence-corrected chi connectivity index (χ2v) is 9.30. The lowest BCUT2D eigenvalue weighted by Gasteiger charge is -2.32. The van der Waals surface area contributed by atoms with Gasteiger partial charge in [-0.1, -0.05) is 60.2 Å². The maximum Gasteiger partial charge on any atom is 0.254 e. The Kier molecular flexibility index (Phi) is 6.32. The molecular weight excluding hydrogens is 434 g/mol. The molecule has 0 aliphatic carbocycles. The van der Waals surface area contributed by atoms with Crippen molar-refractivity contribution in [1.82, 2.24) is 15.2 Å². The highest BCUT2D eigenvalue weighted by atomic mass is 16.2. The molecule has 1 aliphatic heterocycles. The van der Waals surface area contributed by atoms with Crippen LogP contribution in [0.1, 0.15) is 44.7 Å². The summed E-state index contributed by atoms with van der Waals surface area (Å²) in [6.07, 6.45) is 1.47. The number of para-hydroxylation sites is 1. The first-order chi connectivity index (χ1) is 17.0. The van der Waals surface area contributed by atoms with Crippen LogP contribution in [-0.2, 0) is 0 Å². The van der Waals surface area contributed by atoms with Gasteiger partial charge in [-0.05, 0) is 56.5 Å². The number of carbonyl (C=O) groups is 2. The molecule has 1 aliphatic rings. The number of benzene rings is 3. The summed E-state index contributed by atoms with van der Waals surface area (Å²) < 4.78 is 0. The first-order valence-corrected chi connectivity index (χ1v) is 12.1. The number of aryl methyl sites for hydroxylation is 2. The van der Waals surface area contributed by atoms with Gasteiger partial charge in [-0.25, -0.2) is 4.98 Å². The molecule has 0 atom stereocenters. The molecule has 0 unspecified atom stereocenters. The molecule has 1 fully saturated rings. The molecular formula is C30H29N3O2. The summed E-state index contributed by atoms with van der Waals surface area (Å²) in [6, 6.07) is 25.4. The molecule has 4 aromatic rings. The van der Waals surface area contributed by atoms with Crippen molar-refractivity contribution in [3.8, 4) is 11.3 Å². The van der Waals surface area contributed by atoms with Gasteiger partial charge in [0.05, 0.1) is 16.8 Å². The Balaban J connectivity index is 1.37. The van der Waals surface area contributed by atoms with Crippen LogP contribution in [0.2, 0.25) is 0 Å². The minimum Gasteiger partial charge on any atom is -0.349 e. The second kappa shape index (κ2) is 9.71. The number of hydrogen-bond acceptors (Lipinski definition) is 3. The van der Waals surface area contributed by atoms with E-state index < -0.39 is 0 Å². The van der Waals surface area contributed by atoms with E-state index in [2.05, 4.69) is 37.4 Å². The van der Waals surface area contributed by atoms with Gasteiger partial charge in [0.2, 0.25) is 0 Å². The Hall–Kier alpha value is -3.99. The number of hydrogen-bond donors (Lipinski definition) is 1. The average Bonchev–Trinajstić information content (AvgIpc) is 2.88. The standard InChI is InChI=1S/C30H29N3O2/c1-20-12-13-24(21(2)18-20)28-19-26(25-10-6-7-11-27(25)32-28)30(35)33-16-14-23(15-17-33)31-29(34)22-8-4-3-5-9-22/h3-13,18-19,23H,14-17H2,1-2H3,(H,31,34). The number of carbonyl (C=O) groups excluding carboxylic acids is 2. The molecule has 0 radical (unpaired) electrons. The molecule has 176 valence electrons. The van der Waals surface area contributed by atoms with Crippen molar-refractivity contribution in [2.45, 2.75) is 32.7 Å². The van der Waals surface area contributed by atoms with Crippen LogP contribution in [0.15, 0.2) is 78.9 Å². The van der Waals surface area contributed by atoms with E-state index in [1.165, 1.54) is 5.56 Å². The Labute approximate surface area is 205 Å². The lowest BCUT2D eigenvalue weighted by atomic mass is 9.98. The van der Waals surface area contributed by atoms with Crippen molar-refractivity contribution >= 4 is 22.7 Å². The molecule has 1 aromatic heterocycles. The van der Waals surface area contributed by atoms with Crippen LogP contribution in [0.25, 0.3) is 22.2 Å². The smallest absolute Gasteiger partial charge is 0.254 e. The summed E-state index contributed by atoms with van der Waals surface area (Å²) in [5.74, 6) is -0.0453. The van der Waals surface area contributed by atoms with Gasteiger partial charge in [0, 0.05) is 35.6 Å². The third-order valence-electron chi connectivity index (χ3n) is 6.76. The van der Waals surface area contributed by atoms with E-state index in [0.29, 0.717) is 24.2 Å². The van der Waals surface area contributed by atoms with Crippen molar-refractivity contribution in [1.29, 1.82) is 0 Å². The highest BCUT2D eigenvalue weighted by Crippen LogP contribution is 2.29. The molecule has 5 heteroatoms. The van der Waals surface area contributed by atoms with Crippen LogP contribution in [0.3, 0.4) is 0 Å². The number of piperidine rings is 1. The average molecular weight is 464 g/mol. The Morgan fingerprint density at radius 3 is 2.34 bits per heavy atom. The first kappa shape index (κ1) is 22.8. The lowest BCUT2D eigenvalue weighted by molar-refractivity contribution is 0.0700. The Morgan fingerprint density at radius 2 is 1.60 bits per heavy atom. The van der Waals surface area contributed by atoms with Crippen LogP contribution >= 0.6 is 0 Å². The van der Waals surface area contributed by atoms with Crippen molar-refractivity contribution in [3.05, 3.63) is 101 Å². The van der Waals surface area contributed by atoms with Gasteiger partial charge < -0.3 is 10.2 Å². The number of fused-ring (bicyclic) bond motifs is 1. The molecule has 2 amide bonds. The summed E-state index contributed by atoms with van der Waals surface area (Å²) in [6.45, 7) is 5.36. The van der Waals surface area contributed by atoms with E-state index in [0.717, 1.165) is 40.6 Å². The molecule has 5 rings (SSSR count). The summed E-state index contributed by atoms with van der Waals surface area (Å²) >= 11 is 0. The number of amides is 2. The molecule has 0 bridgehead atoms. The molecule has 1 saturated heterocycles. The van der Waals surface area contributed by atoms with Crippen molar-refractivity contribution in [2.75, 3.05) is 13.1 Å². The molecule has 5 nitrogen and oxygen atoms in total. The normalized spacial score (nSPS) is 14.2. The largest absolute Gasteiger partial charge is 0.349 e. The zero-order valence-electron chi connectivity index (χ0n) is 20.1. The summed E-state index contributed by atoms with van der Waals surface area (Å²) in [4.78, 5) is 33.0. The number of rotatable bonds is 4. The SMILES string of the molecule is Cc1ccc(-c2cc(C(=O)N3CCC(NC(=O)c4ccccc4)CC3)c3ccccc3n2)c(C)c1. The van der Waals surface area contributed by atoms with E-state index in [1.54, 1.807) is 0 Å². The van der Waals surface area contributed by atoms with Gasteiger partial charge in [0.15, 0.2) is 0 Å². The zero-order chi connectivity index (χ0) is 24.4. The van der Waals surface area contributed by atoms with E-state index in [-0.39, 0.29) is 17.9 Å². The summed E-state index contributed by atoms with van der Waals surface area (Å²) in [5.41, 5.74) is 6.35. The molecule has 0 spiro atoms. The summed E-state index contributed by atoms with van der Waals surface area (Å²) in [5, 5.41) is 3.98. The quantitative estimate of drug-likeness (QED) is 0.431. The van der Waals surface area contributed by atoms with Crippen molar-refractivity contribution < 1.29 is 9.59 Å². The number of likely N-dealkylation sites (tertiary alicyclic amines) is 1. The lowest BCUT2D eigenvalue weighted by Crippen LogP contribution is -2.46. The fourth-order valence-electron chi connectivity index (χ4n) is 4.85. The fourth-order valence-corrected chi connectivity index (χ4v) is 4.85. The minimum absolute atomic E-state index is 0.0162. The molecule has 3 aromatic carbocycles. The monoisotopic (exact) mass is 463 g/mol. The Morgan fingerprint density at radius 1 is 0.886 bits per heavy atom. The van der Waals surface area contributed by atoms with Gasteiger partial charge >= 0.3 is 0 Å². The minimum atomic E-state index is -0.0615. The van der Waals surface area contributed by atoms with Crippen LogP contribution in [0.5, 0.6) is 0 Å². The van der Waals surface area contributed by atoms with Gasteiger partial charge in [0.1, 0.15) is 0 Å². The Bertz CT molecular complexity index is 1390. The third-order valence-corrected chi connectivity index (χ3v) is 6.76. The van der Waals surface area contributed by atoms with Crippen LogP contribution in [-0.4, -0.2) is 40.8 Å². The predicted molar refractivity (Wildman–Crippen MR) is 139 cm³/mol. The van der Waals surface area contributed by atoms with Crippen molar-refractivity contribution in [2.24, 2.45) is 0 Å². The third kappa shape index (κ3) is 4.80. The number of pyridine rings is 1. The topological polar surface area (TPSA) is 62.3 Å². The zero-order valence-corrected chi connectivity index (χ0v) is 20.1. The van der Waals surface area contributed by atoms with Crippen molar-refractivity contribution in [3.63, 3.8) is 0 Å². The molecule has 35 heavy (non-hydrogen) atoms. The maximum atomic E-state index is 13.7. The number of nitrogens with zero attached hydrogens (tertiary/aromatic N) is 2. The highest BCUT2D eigenvalue weighted by molar-refractivity contribution is 6.07.